The minimum Gasteiger partial charge on any atom is -1.00 e. The Kier molecular flexibility index (Phi) is 9.07. The van der Waals surface area contributed by atoms with Crippen LogP contribution in [0.1, 0.15) is 6.99 Å². The summed E-state index contributed by atoms with van der Waals surface area (Å²) in [6, 6.07) is 7.58. The smallest absolute Gasteiger partial charge is 1.00 e. The number of nitrogens with zero attached hydrogens (tertiary/aromatic N) is 2. The summed E-state index contributed by atoms with van der Waals surface area (Å²) in [4.78, 5) is 2.37. The molecule has 23 heavy (non-hydrogen) atoms. The van der Waals surface area contributed by atoms with Gasteiger partial charge in [0.2, 0.25) is 10.0 Å². The maximum atomic E-state index is 11.7. The summed E-state index contributed by atoms with van der Waals surface area (Å²) in [7, 11) is -1.66. The van der Waals surface area contributed by atoms with Crippen LogP contribution in [0.3, 0.4) is 0 Å². The number of rotatable bonds is 7. The molecule has 8 heteroatoms. The molecule has 0 radical (unpaired) electrons. The van der Waals surface area contributed by atoms with Crippen molar-refractivity contribution in [3.05, 3.63) is 29.8 Å². The van der Waals surface area contributed by atoms with Crippen LogP contribution in [-0.2, 0) is 21.3 Å². The summed E-state index contributed by atoms with van der Waals surface area (Å²) in [6.07, 6.45) is 1.22. The van der Waals surface area contributed by atoms with Crippen LogP contribution in [0.4, 0.5) is 5.69 Å². The van der Waals surface area contributed by atoms with Crippen LogP contribution in [0, 0.1) is 0 Å². The Labute approximate surface area is 163 Å². The third-order valence-electron chi connectivity index (χ3n) is 3.85. The van der Waals surface area contributed by atoms with Crippen LogP contribution >= 0.6 is 0 Å². The van der Waals surface area contributed by atoms with Gasteiger partial charge >= 0.3 is 29.6 Å². The zero-order chi connectivity index (χ0) is 16.0. The van der Waals surface area contributed by atoms with Crippen LogP contribution < -0.4 is 39.2 Å². The first kappa shape index (κ1) is 20.9. The van der Waals surface area contributed by atoms with Crippen molar-refractivity contribution in [2.75, 3.05) is 57.0 Å². The van der Waals surface area contributed by atoms with Crippen molar-refractivity contribution in [2.45, 2.75) is 6.54 Å². The van der Waals surface area contributed by atoms with Crippen LogP contribution in [0.25, 0.3) is 0 Å². The van der Waals surface area contributed by atoms with Crippen molar-refractivity contribution in [1.82, 2.24) is 10.2 Å². The van der Waals surface area contributed by atoms with Crippen molar-refractivity contribution >= 4 is 15.7 Å². The van der Waals surface area contributed by atoms with Gasteiger partial charge in [0.15, 0.2) is 0 Å². The third kappa shape index (κ3) is 6.70. The SMILES string of the molecule is CN(c1ccccc1CNCCN1CCOCC1)S(C)(=O)=O.[H-].[Na+]. The van der Waals surface area contributed by atoms with Gasteiger partial charge in [0.1, 0.15) is 0 Å². The maximum Gasteiger partial charge on any atom is 1.00 e. The fourth-order valence-corrected chi connectivity index (χ4v) is 2.97. The van der Waals surface area contributed by atoms with Gasteiger partial charge in [-0.25, -0.2) is 8.42 Å². The first-order valence-electron chi connectivity index (χ1n) is 7.51. The molecule has 0 spiro atoms. The minimum absolute atomic E-state index is 0. The molecule has 0 amide bonds. The molecule has 1 fully saturated rings. The maximum absolute atomic E-state index is 11.7. The van der Waals surface area contributed by atoms with Gasteiger partial charge in [-0.05, 0) is 11.6 Å². The summed E-state index contributed by atoms with van der Waals surface area (Å²) >= 11 is 0. The standard InChI is InChI=1S/C15H25N3O3S.Na.H/c1-17(22(2,19)20)15-6-4-3-5-14(15)13-16-7-8-18-9-11-21-12-10-18;;/h3-6,16H,7-13H2,1-2H3;;/q;+1;-1. The third-order valence-corrected chi connectivity index (χ3v) is 5.04. The van der Waals surface area contributed by atoms with Gasteiger partial charge < -0.3 is 11.5 Å². The summed E-state index contributed by atoms with van der Waals surface area (Å²) < 4.78 is 30.1. The number of anilines is 1. The van der Waals surface area contributed by atoms with E-state index in [0.717, 1.165) is 50.6 Å². The summed E-state index contributed by atoms with van der Waals surface area (Å²) in [5.74, 6) is 0. The molecular formula is C15H26N3NaO3S. The van der Waals surface area contributed by atoms with Gasteiger partial charge in [-0.2, -0.15) is 0 Å². The Morgan fingerprint density at radius 2 is 1.96 bits per heavy atom. The monoisotopic (exact) mass is 351 g/mol. The molecule has 0 unspecified atom stereocenters. The number of ether oxygens (including phenoxy) is 1. The van der Waals surface area contributed by atoms with E-state index in [9.17, 15) is 8.42 Å². The number of hydrogen-bond donors (Lipinski definition) is 1. The molecule has 126 valence electrons. The van der Waals surface area contributed by atoms with Crippen LogP contribution in [-0.4, -0.2) is 66.0 Å². The first-order valence-corrected chi connectivity index (χ1v) is 9.36. The molecule has 1 saturated heterocycles. The van der Waals surface area contributed by atoms with Crippen molar-refractivity contribution in [3.63, 3.8) is 0 Å². The summed E-state index contributed by atoms with van der Waals surface area (Å²) in [6.45, 7) is 6.08. The molecule has 2 rings (SSSR count). The Balaban J connectivity index is 0.00000264. The molecule has 1 aromatic rings. The molecule has 1 N–H and O–H groups in total. The molecule has 0 bridgehead atoms. The molecule has 6 nitrogen and oxygen atoms in total. The van der Waals surface area contributed by atoms with Gasteiger partial charge in [-0.1, -0.05) is 18.2 Å². The van der Waals surface area contributed by atoms with Crippen LogP contribution in [0.5, 0.6) is 0 Å². The second-order valence-corrected chi connectivity index (χ2v) is 7.50. The molecule has 1 aromatic carbocycles. The van der Waals surface area contributed by atoms with Gasteiger partial charge in [-0.15, -0.1) is 0 Å². The second-order valence-electron chi connectivity index (χ2n) is 5.49. The number of benzene rings is 1. The van der Waals surface area contributed by atoms with Gasteiger partial charge in [0, 0.05) is 39.8 Å². The van der Waals surface area contributed by atoms with E-state index in [1.165, 1.54) is 10.6 Å². The van der Waals surface area contributed by atoms with Crippen molar-refractivity contribution in [2.24, 2.45) is 0 Å². The summed E-state index contributed by atoms with van der Waals surface area (Å²) in [5, 5.41) is 3.39. The topological polar surface area (TPSA) is 61.9 Å². The zero-order valence-corrected chi connectivity index (χ0v) is 17.1. The average molecular weight is 351 g/mol. The number of para-hydroxylation sites is 1. The fraction of sp³-hybridized carbons (Fsp3) is 0.600. The Morgan fingerprint density at radius 1 is 1.30 bits per heavy atom. The van der Waals surface area contributed by atoms with Gasteiger partial charge in [0.05, 0.1) is 25.2 Å². The Hall–Kier alpha value is -0.150. The molecule has 1 aliphatic rings. The first-order chi connectivity index (χ1) is 10.5. The van der Waals surface area contributed by atoms with Gasteiger partial charge in [0.25, 0.3) is 0 Å². The van der Waals surface area contributed by atoms with E-state index in [1.54, 1.807) is 7.05 Å². The number of hydrogen-bond acceptors (Lipinski definition) is 5. The molecule has 1 aliphatic heterocycles. The second kappa shape index (κ2) is 9.98. The predicted octanol–water partition coefficient (Wildman–Crippen LogP) is -2.38. The van der Waals surface area contributed by atoms with E-state index >= 15 is 0 Å². The Bertz CT molecular complexity index is 583. The zero-order valence-electron chi connectivity index (χ0n) is 15.3. The summed E-state index contributed by atoms with van der Waals surface area (Å²) in [5.41, 5.74) is 1.71. The number of sulfonamides is 1. The molecule has 0 aromatic heterocycles. The van der Waals surface area contributed by atoms with E-state index in [2.05, 4.69) is 10.2 Å². The van der Waals surface area contributed by atoms with E-state index in [1.807, 2.05) is 24.3 Å². The van der Waals surface area contributed by atoms with Crippen molar-refractivity contribution < 1.29 is 44.1 Å². The van der Waals surface area contributed by atoms with E-state index in [-0.39, 0.29) is 31.0 Å². The Morgan fingerprint density at radius 3 is 2.61 bits per heavy atom. The van der Waals surface area contributed by atoms with Crippen molar-refractivity contribution in [1.29, 1.82) is 0 Å². The van der Waals surface area contributed by atoms with E-state index < -0.39 is 10.0 Å². The van der Waals surface area contributed by atoms with Crippen LogP contribution in [0.15, 0.2) is 24.3 Å². The van der Waals surface area contributed by atoms with Gasteiger partial charge in [-0.3, -0.25) is 9.21 Å². The van der Waals surface area contributed by atoms with Crippen LogP contribution in [0.2, 0.25) is 0 Å². The molecular weight excluding hydrogens is 325 g/mol. The molecule has 1 heterocycles. The number of nitrogens with one attached hydrogen (secondary N) is 1. The van der Waals surface area contributed by atoms with E-state index in [4.69, 9.17) is 4.74 Å². The largest absolute Gasteiger partial charge is 1.00 e. The molecule has 0 saturated carbocycles. The number of morpholine rings is 1. The average Bonchev–Trinajstić information content (AvgIpc) is 2.51. The predicted molar refractivity (Wildman–Crippen MR) is 89.8 cm³/mol. The minimum atomic E-state index is -3.24. The molecule has 0 atom stereocenters. The quantitative estimate of drug-likeness (QED) is 0.439. The van der Waals surface area contributed by atoms with Crippen molar-refractivity contribution in [3.8, 4) is 0 Å². The normalized spacial score (nSPS) is 15.9. The van der Waals surface area contributed by atoms with E-state index in [0.29, 0.717) is 6.54 Å². The fourth-order valence-electron chi connectivity index (χ4n) is 2.43. The molecule has 0 aliphatic carbocycles.